The van der Waals surface area contributed by atoms with Crippen LogP contribution in [0.4, 0.5) is 8.78 Å². The zero-order valence-corrected chi connectivity index (χ0v) is 10.5. The zero-order valence-electron chi connectivity index (χ0n) is 10.5. The average molecular weight is 254 g/mol. The lowest BCUT2D eigenvalue weighted by molar-refractivity contribution is 0.184. The molecule has 0 radical (unpaired) electrons. The number of halogens is 2. The number of hydrogen-bond acceptors (Lipinski definition) is 3. The standard InChI is InChI=1S/C13H16F2N2O/c1-9(3-4-18-2)17-8-11-12(14)5-10(7-16)6-13(11)15/h5-6,9,17H,3-4,8H2,1-2H3. The van der Waals surface area contributed by atoms with E-state index in [-0.39, 0.29) is 23.7 Å². The maximum absolute atomic E-state index is 13.5. The third-order valence-electron chi connectivity index (χ3n) is 2.65. The van der Waals surface area contributed by atoms with E-state index in [4.69, 9.17) is 10.00 Å². The van der Waals surface area contributed by atoms with Gasteiger partial charge in [0.1, 0.15) is 11.6 Å². The van der Waals surface area contributed by atoms with Gasteiger partial charge in [0, 0.05) is 31.9 Å². The third kappa shape index (κ3) is 4.06. The van der Waals surface area contributed by atoms with Crippen LogP contribution < -0.4 is 5.32 Å². The molecule has 0 saturated carbocycles. The summed E-state index contributed by atoms with van der Waals surface area (Å²) in [5, 5.41) is 11.6. The summed E-state index contributed by atoms with van der Waals surface area (Å²) in [5.41, 5.74) is -0.0561. The molecule has 5 heteroatoms. The minimum absolute atomic E-state index is 0.0128. The van der Waals surface area contributed by atoms with Crippen molar-refractivity contribution in [2.75, 3.05) is 13.7 Å². The number of ether oxygens (including phenoxy) is 1. The largest absolute Gasteiger partial charge is 0.385 e. The molecule has 1 rings (SSSR count). The molecule has 0 spiro atoms. The molecule has 1 atom stereocenters. The highest BCUT2D eigenvalue weighted by Crippen LogP contribution is 2.15. The van der Waals surface area contributed by atoms with Gasteiger partial charge in [0.15, 0.2) is 0 Å². The van der Waals surface area contributed by atoms with Crippen LogP contribution in [0.5, 0.6) is 0 Å². The van der Waals surface area contributed by atoms with E-state index in [9.17, 15) is 8.78 Å². The quantitative estimate of drug-likeness (QED) is 0.847. The van der Waals surface area contributed by atoms with Gasteiger partial charge in [-0.25, -0.2) is 8.78 Å². The monoisotopic (exact) mass is 254 g/mol. The van der Waals surface area contributed by atoms with E-state index in [2.05, 4.69) is 5.32 Å². The maximum Gasteiger partial charge on any atom is 0.131 e. The smallest absolute Gasteiger partial charge is 0.131 e. The Morgan fingerprint density at radius 3 is 2.50 bits per heavy atom. The Kier molecular flexibility index (Phi) is 5.69. The summed E-state index contributed by atoms with van der Waals surface area (Å²) in [5.74, 6) is -1.39. The second-order valence-corrected chi connectivity index (χ2v) is 4.09. The van der Waals surface area contributed by atoms with Crippen LogP contribution in [0.15, 0.2) is 12.1 Å². The molecule has 0 aliphatic heterocycles. The lowest BCUT2D eigenvalue weighted by Crippen LogP contribution is -2.27. The fraction of sp³-hybridized carbons (Fsp3) is 0.462. The topological polar surface area (TPSA) is 45.0 Å². The Bertz CT molecular complexity index is 420. The molecule has 0 aliphatic rings. The van der Waals surface area contributed by atoms with Crippen LogP contribution in [0.3, 0.4) is 0 Å². The fourth-order valence-electron chi connectivity index (χ4n) is 1.51. The van der Waals surface area contributed by atoms with E-state index in [1.54, 1.807) is 13.2 Å². The van der Waals surface area contributed by atoms with Crippen LogP contribution in [0.2, 0.25) is 0 Å². The van der Waals surface area contributed by atoms with E-state index >= 15 is 0 Å². The predicted molar refractivity (Wildman–Crippen MR) is 63.9 cm³/mol. The van der Waals surface area contributed by atoms with Crippen LogP contribution in [0, 0.1) is 23.0 Å². The number of hydrogen-bond donors (Lipinski definition) is 1. The molecule has 1 unspecified atom stereocenters. The molecular weight excluding hydrogens is 238 g/mol. The molecule has 1 N–H and O–H groups in total. The van der Waals surface area contributed by atoms with Crippen molar-refractivity contribution >= 4 is 0 Å². The van der Waals surface area contributed by atoms with Gasteiger partial charge in [-0.15, -0.1) is 0 Å². The van der Waals surface area contributed by atoms with Crippen molar-refractivity contribution in [3.63, 3.8) is 0 Å². The van der Waals surface area contributed by atoms with E-state index in [0.717, 1.165) is 18.6 Å². The Labute approximate surface area is 105 Å². The first-order valence-electron chi connectivity index (χ1n) is 5.68. The van der Waals surface area contributed by atoms with Gasteiger partial charge in [-0.2, -0.15) is 5.26 Å². The number of methoxy groups -OCH3 is 1. The summed E-state index contributed by atoms with van der Waals surface area (Å²) in [6.07, 6.45) is 0.760. The Morgan fingerprint density at radius 1 is 1.39 bits per heavy atom. The van der Waals surface area contributed by atoms with E-state index < -0.39 is 11.6 Å². The summed E-state index contributed by atoms with van der Waals surface area (Å²) >= 11 is 0. The summed E-state index contributed by atoms with van der Waals surface area (Å²) < 4.78 is 32.0. The molecule has 0 fully saturated rings. The van der Waals surface area contributed by atoms with Gasteiger partial charge < -0.3 is 10.1 Å². The van der Waals surface area contributed by atoms with Crippen molar-refractivity contribution in [3.8, 4) is 6.07 Å². The first-order valence-corrected chi connectivity index (χ1v) is 5.68. The molecule has 18 heavy (non-hydrogen) atoms. The summed E-state index contributed by atoms with van der Waals surface area (Å²) in [7, 11) is 1.60. The van der Waals surface area contributed by atoms with Crippen LogP contribution in [-0.4, -0.2) is 19.8 Å². The van der Waals surface area contributed by atoms with E-state index in [1.807, 2.05) is 6.92 Å². The van der Waals surface area contributed by atoms with Gasteiger partial charge in [0.2, 0.25) is 0 Å². The number of benzene rings is 1. The number of nitrogens with zero attached hydrogens (tertiary/aromatic N) is 1. The first kappa shape index (κ1) is 14.6. The second kappa shape index (κ2) is 7.04. The van der Waals surface area contributed by atoms with Gasteiger partial charge in [-0.3, -0.25) is 0 Å². The van der Waals surface area contributed by atoms with Crippen molar-refractivity contribution in [1.29, 1.82) is 5.26 Å². The van der Waals surface area contributed by atoms with Gasteiger partial charge in [0.05, 0.1) is 11.6 Å². The van der Waals surface area contributed by atoms with Crippen molar-refractivity contribution in [3.05, 3.63) is 34.9 Å². The van der Waals surface area contributed by atoms with Crippen LogP contribution in [-0.2, 0) is 11.3 Å². The molecular formula is C13H16F2N2O. The van der Waals surface area contributed by atoms with Crippen molar-refractivity contribution < 1.29 is 13.5 Å². The normalized spacial score (nSPS) is 12.2. The van der Waals surface area contributed by atoms with Crippen molar-refractivity contribution in [1.82, 2.24) is 5.32 Å². The lowest BCUT2D eigenvalue weighted by Gasteiger charge is -2.14. The second-order valence-electron chi connectivity index (χ2n) is 4.09. The highest BCUT2D eigenvalue weighted by atomic mass is 19.1. The van der Waals surface area contributed by atoms with E-state index in [1.165, 1.54) is 0 Å². The fourth-order valence-corrected chi connectivity index (χ4v) is 1.51. The molecule has 0 heterocycles. The highest BCUT2D eigenvalue weighted by Gasteiger charge is 2.12. The Morgan fingerprint density at radius 2 is 2.00 bits per heavy atom. The third-order valence-corrected chi connectivity index (χ3v) is 2.65. The summed E-state index contributed by atoms with van der Waals surface area (Å²) in [4.78, 5) is 0. The highest BCUT2D eigenvalue weighted by molar-refractivity contribution is 5.34. The summed E-state index contributed by atoms with van der Waals surface area (Å²) in [6.45, 7) is 2.60. The number of rotatable bonds is 6. The van der Waals surface area contributed by atoms with Crippen LogP contribution in [0.1, 0.15) is 24.5 Å². The molecule has 0 aliphatic carbocycles. The SMILES string of the molecule is COCCC(C)NCc1c(F)cc(C#N)cc1F. The molecule has 98 valence electrons. The molecule has 3 nitrogen and oxygen atoms in total. The van der Waals surface area contributed by atoms with Gasteiger partial charge in [0.25, 0.3) is 0 Å². The van der Waals surface area contributed by atoms with Crippen LogP contribution in [0.25, 0.3) is 0 Å². The van der Waals surface area contributed by atoms with Gasteiger partial charge in [-0.1, -0.05) is 0 Å². The first-order chi connectivity index (χ1) is 8.58. The summed E-state index contributed by atoms with van der Waals surface area (Å²) in [6, 6.07) is 3.89. The maximum atomic E-state index is 13.5. The van der Waals surface area contributed by atoms with Gasteiger partial charge >= 0.3 is 0 Å². The molecule has 1 aromatic rings. The van der Waals surface area contributed by atoms with Crippen molar-refractivity contribution in [2.24, 2.45) is 0 Å². The average Bonchev–Trinajstić information content (AvgIpc) is 2.34. The molecule has 0 amide bonds. The number of nitriles is 1. The molecule has 0 aromatic heterocycles. The lowest BCUT2D eigenvalue weighted by atomic mass is 10.1. The molecule has 0 saturated heterocycles. The minimum Gasteiger partial charge on any atom is -0.385 e. The zero-order chi connectivity index (χ0) is 13.5. The Hall–Kier alpha value is -1.51. The van der Waals surface area contributed by atoms with E-state index in [0.29, 0.717) is 6.61 Å². The molecule has 1 aromatic carbocycles. The van der Waals surface area contributed by atoms with Gasteiger partial charge in [-0.05, 0) is 25.5 Å². The minimum atomic E-state index is -0.696. The van der Waals surface area contributed by atoms with Crippen molar-refractivity contribution in [2.45, 2.75) is 25.9 Å². The van der Waals surface area contributed by atoms with Crippen LogP contribution >= 0.6 is 0 Å². The number of nitrogens with one attached hydrogen (secondary N) is 1. The predicted octanol–water partition coefficient (Wildman–Crippen LogP) is 2.35. The Balaban J connectivity index is 2.65. The molecule has 0 bridgehead atoms.